The first-order chi connectivity index (χ1) is 9.33. The molecule has 2 saturated carbocycles. The Balaban J connectivity index is 1.84. The Morgan fingerprint density at radius 3 is 2.45 bits per heavy atom. The van der Waals surface area contributed by atoms with Crippen molar-refractivity contribution >= 4 is 6.09 Å². The molecule has 0 aromatic heterocycles. The first-order valence-corrected chi connectivity index (χ1v) is 7.73. The Hall–Kier alpha value is -0.840. The van der Waals surface area contributed by atoms with Crippen molar-refractivity contribution in [3.05, 3.63) is 0 Å². The van der Waals surface area contributed by atoms with Crippen molar-refractivity contribution in [1.29, 1.82) is 0 Å². The van der Waals surface area contributed by atoms with Gasteiger partial charge in [-0.2, -0.15) is 0 Å². The fraction of sp³-hybridized carbons (Fsp3) is 0.933. The smallest absolute Gasteiger partial charge is 0.407 e. The Labute approximate surface area is 120 Å². The van der Waals surface area contributed by atoms with Crippen molar-refractivity contribution in [2.24, 2.45) is 0 Å². The average Bonchev–Trinajstić information content (AvgIpc) is 3.08. The molecule has 1 amide bonds. The van der Waals surface area contributed by atoms with Gasteiger partial charge < -0.3 is 15.4 Å². The number of carbonyl (C=O) groups is 1. The largest absolute Gasteiger partial charge is 0.444 e. The third-order valence-electron chi connectivity index (χ3n) is 3.76. The number of hydrogen-bond donors (Lipinski definition) is 2. The molecule has 0 heterocycles. The molecular weight excluding hydrogens is 259 g/mol. The van der Waals surface area contributed by atoms with Crippen LogP contribution in [0.25, 0.3) is 0 Å². The molecule has 5 heteroatoms. The molecule has 2 rings (SSSR count). The highest BCUT2D eigenvalue weighted by molar-refractivity contribution is 5.68. The van der Waals surface area contributed by atoms with Crippen molar-refractivity contribution in [2.75, 3.05) is 0 Å². The highest BCUT2D eigenvalue weighted by Gasteiger charge is 2.33. The van der Waals surface area contributed by atoms with E-state index in [4.69, 9.17) is 4.74 Å². The zero-order valence-corrected chi connectivity index (χ0v) is 12.7. The summed E-state index contributed by atoms with van der Waals surface area (Å²) in [6.45, 7) is 5.53. The minimum Gasteiger partial charge on any atom is -0.444 e. The molecule has 4 nitrogen and oxygen atoms in total. The minimum atomic E-state index is -0.805. The molecule has 0 radical (unpaired) electrons. The summed E-state index contributed by atoms with van der Waals surface area (Å²) in [4.78, 5) is 11.8. The number of rotatable bonds is 3. The SMILES string of the molecule is CC(C)(C)OC(=O)NC1CCC[C@H](F)[C@H](NC2CC2)C1. The van der Waals surface area contributed by atoms with E-state index in [0.717, 1.165) is 25.7 Å². The highest BCUT2D eigenvalue weighted by Crippen LogP contribution is 2.26. The standard InChI is InChI=1S/C15H27FN2O2/c1-15(2,3)20-14(19)18-11-5-4-6-12(16)13(9-11)17-10-7-8-10/h10-13,17H,4-9H2,1-3H3,(H,18,19)/t11?,12-,13+/m0/s1. The van der Waals surface area contributed by atoms with Gasteiger partial charge in [-0.1, -0.05) is 0 Å². The predicted molar refractivity (Wildman–Crippen MR) is 76.5 cm³/mol. The first-order valence-electron chi connectivity index (χ1n) is 7.73. The van der Waals surface area contributed by atoms with Crippen LogP contribution in [-0.4, -0.2) is 36.0 Å². The van der Waals surface area contributed by atoms with Gasteiger partial charge in [0, 0.05) is 18.1 Å². The number of alkyl carbamates (subject to hydrolysis) is 1. The monoisotopic (exact) mass is 286 g/mol. The second kappa shape index (κ2) is 6.29. The second-order valence-corrected chi connectivity index (χ2v) is 7.07. The Bertz CT molecular complexity index is 339. The zero-order chi connectivity index (χ0) is 14.8. The van der Waals surface area contributed by atoms with E-state index >= 15 is 0 Å². The summed E-state index contributed by atoms with van der Waals surface area (Å²) in [7, 11) is 0. The lowest BCUT2D eigenvalue weighted by Crippen LogP contribution is -2.45. The molecule has 116 valence electrons. The van der Waals surface area contributed by atoms with Crippen molar-refractivity contribution in [1.82, 2.24) is 10.6 Å². The maximum atomic E-state index is 14.1. The van der Waals surface area contributed by atoms with Crippen molar-refractivity contribution in [2.45, 2.75) is 89.2 Å². The van der Waals surface area contributed by atoms with E-state index in [9.17, 15) is 9.18 Å². The summed E-state index contributed by atoms with van der Waals surface area (Å²) in [6.07, 6.45) is 3.95. The summed E-state index contributed by atoms with van der Waals surface area (Å²) in [6, 6.07) is 0.352. The van der Waals surface area contributed by atoms with E-state index in [1.807, 2.05) is 20.8 Å². The average molecular weight is 286 g/mol. The van der Waals surface area contributed by atoms with Gasteiger partial charge in [0.15, 0.2) is 0 Å². The van der Waals surface area contributed by atoms with Gasteiger partial charge in [-0.3, -0.25) is 0 Å². The van der Waals surface area contributed by atoms with E-state index in [-0.39, 0.29) is 12.1 Å². The number of ether oxygens (including phenoxy) is 1. The molecule has 2 fully saturated rings. The predicted octanol–water partition coefficient (Wildman–Crippen LogP) is 2.91. The summed E-state index contributed by atoms with van der Waals surface area (Å²) in [5, 5.41) is 6.26. The maximum absolute atomic E-state index is 14.1. The molecule has 20 heavy (non-hydrogen) atoms. The van der Waals surface area contributed by atoms with E-state index in [1.54, 1.807) is 0 Å². The van der Waals surface area contributed by atoms with Crippen LogP contribution in [0.15, 0.2) is 0 Å². The van der Waals surface area contributed by atoms with Crippen LogP contribution in [0.3, 0.4) is 0 Å². The number of amides is 1. The Morgan fingerprint density at radius 2 is 1.85 bits per heavy atom. The van der Waals surface area contributed by atoms with E-state index in [2.05, 4.69) is 10.6 Å². The molecule has 2 N–H and O–H groups in total. The molecule has 2 aliphatic carbocycles. The molecule has 1 unspecified atom stereocenters. The van der Waals surface area contributed by atoms with E-state index in [0.29, 0.717) is 18.9 Å². The lowest BCUT2D eigenvalue weighted by Gasteiger charge is -2.26. The van der Waals surface area contributed by atoms with Crippen LogP contribution in [-0.2, 0) is 4.74 Å². The van der Waals surface area contributed by atoms with Crippen LogP contribution < -0.4 is 10.6 Å². The maximum Gasteiger partial charge on any atom is 0.407 e. The molecule has 3 atom stereocenters. The topological polar surface area (TPSA) is 50.4 Å². The summed E-state index contributed by atoms with van der Waals surface area (Å²) in [5.41, 5.74) is -0.497. The quantitative estimate of drug-likeness (QED) is 0.784. The van der Waals surface area contributed by atoms with Gasteiger partial charge in [0.1, 0.15) is 11.8 Å². The third kappa shape index (κ3) is 5.27. The van der Waals surface area contributed by atoms with Crippen molar-refractivity contribution < 1.29 is 13.9 Å². The van der Waals surface area contributed by atoms with Gasteiger partial charge >= 0.3 is 6.09 Å². The number of carbonyl (C=O) groups excluding carboxylic acids is 1. The van der Waals surface area contributed by atoms with Gasteiger partial charge in [0.05, 0.1) is 0 Å². The first kappa shape index (κ1) is 15.5. The van der Waals surface area contributed by atoms with Crippen LogP contribution in [0, 0.1) is 0 Å². The van der Waals surface area contributed by atoms with Gasteiger partial charge in [0.25, 0.3) is 0 Å². The van der Waals surface area contributed by atoms with Gasteiger partial charge in [-0.15, -0.1) is 0 Å². The molecule has 2 aliphatic rings. The summed E-state index contributed by atoms with van der Waals surface area (Å²) < 4.78 is 19.3. The van der Waals surface area contributed by atoms with Crippen molar-refractivity contribution in [3.8, 4) is 0 Å². The molecule has 0 aromatic rings. The molecule has 0 aromatic carbocycles. The van der Waals surface area contributed by atoms with Crippen LogP contribution in [0.5, 0.6) is 0 Å². The minimum absolute atomic E-state index is 0.00171. The van der Waals surface area contributed by atoms with Gasteiger partial charge in [-0.05, 0) is 59.3 Å². The molecule has 0 bridgehead atoms. The molecule has 0 spiro atoms. The molecular formula is C15H27FN2O2. The molecule has 0 aliphatic heterocycles. The van der Waals surface area contributed by atoms with E-state index < -0.39 is 17.9 Å². The normalized spacial score (nSPS) is 31.5. The zero-order valence-electron chi connectivity index (χ0n) is 12.7. The number of nitrogens with one attached hydrogen (secondary N) is 2. The van der Waals surface area contributed by atoms with Gasteiger partial charge in [-0.25, -0.2) is 9.18 Å². The Kier molecular flexibility index (Phi) is 4.89. The molecule has 0 saturated heterocycles. The van der Waals surface area contributed by atoms with Crippen LogP contribution in [0.4, 0.5) is 9.18 Å². The highest BCUT2D eigenvalue weighted by atomic mass is 19.1. The summed E-state index contributed by atoms with van der Waals surface area (Å²) in [5.74, 6) is 0. The lowest BCUT2D eigenvalue weighted by molar-refractivity contribution is 0.0496. The van der Waals surface area contributed by atoms with Gasteiger partial charge in [0.2, 0.25) is 0 Å². The lowest BCUT2D eigenvalue weighted by atomic mass is 10.0. The number of alkyl halides is 1. The number of halogens is 1. The summed E-state index contributed by atoms with van der Waals surface area (Å²) >= 11 is 0. The van der Waals surface area contributed by atoms with E-state index in [1.165, 1.54) is 0 Å². The fourth-order valence-corrected chi connectivity index (χ4v) is 2.66. The van der Waals surface area contributed by atoms with Crippen molar-refractivity contribution in [3.63, 3.8) is 0 Å². The second-order valence-electron chi connectivity index (χ2n) is 7.07. The van der Waals surface area contributed by atoms with Crippen LogP contribution in [0.2, 0.25) is 0 Å². The van der Waals surface area contributed by atoms with Crippen LogP contribution in [0.1, 0.15) is 59.3 Å². The fourth-order valence-electron chi connectivity index (χ4n) is 2.66. The number of hydrogen-bond acceptors (Lipinski definition) is 3. The third-order valence-corrected chi connectivity index (χ3v) is 3.76. The Morgan fingerprint density at radius 1 is 1.15 bits per heavy atom. The van der Waals surface area contributed by atoms with Crippen LogP contribution >= 0.6 is 0 Å².